The fraction of sp³-hybridized carbons (Fsp3) is 0.672. The first kappa shape index (κ1) is 83.1. The fourth-order valence-electron chi connectivity index (χ4n) is 10.5. The molecule has 98 heavy (non-hydrogen) atoms. The van der Waals surface area contributed by atoms with E-state index in [1.54, 1.807) is 24.0 Å². The number of H-pyrrole nitrogens is 2. The molecule has 4 amide bonds. The molecule has 4 fully saturated rings. The summed E-state index contributed by atoms with van der Waals surface area (Å²) in [5.74, 6) is -0.132. The van der Waals surface area contributed by atoms with Gasteiger partial charge in [-0.1, -0.05) is 41.5 Å². The van der Waals surface area contributed by atoms with E-state index in [0.29, 0.717) is 49.9 Å². The van der Waals surface area contributed by atoms with E-state index in [2.05, 4.69) is 78.6 Å². The maximum absolute atomic E-state index is 13.2. The number of rotatable bonds is 28. The Balaban J connectivity index is 0.000000665. The number of hydrogen-bond acceptors (Lipinski definition) is 28. The molecule has 40 heteroatoms. The van der Waals surface area contributed by atoms with Gasteiger partial charge in [-0.25, -0.2) is 53.0 Å². The number of nitriles is 3. The molecule has 3 unspecified atom stereocenters. The molecule has 0 aromatic carbocycles. The monoisotopic (exact) mass is 1400 g/mol. The highest BCUT2D eigenvalue weighted by atomic mass is 31.2. The van der Waals surface area contributed by atoms with E-state index >= 15 is 0 Å². The van der Waals surface area contributed by atoms with Gasteiger partial charge in [0.15, 0.2) is 39.6 Å². The summed E-state index contributed by atoms with van der Waals surface area (Å²) in [7, 11) is -1.56. The van der Waals surface area contributed by atoms with Gasteiger partial charge in [-0.3, -0.25) is 69.6 Å². The number of carbonyl (C=O) groups is 4. The van der Waals surface area contributed by atoms with E-state index in [1.807, 2.05) is 32.1 Å². The number of amides is 4. The third kappa shape index (κ3) is 23.8. The Kier molecular flexibility index (Phi) is 35.5. The smallest absolute Gasteiger partial charge is 0.414 e. The van der Waals surface area contributed by atoms with Crippen molar-refractivity contribution < 1.29 is 78.3 Å². The number of nitrogens with one attached hydrogen (secondary N) is 8. The lowest BCUT2D eigenvalue weighted by atomic mass is 9.91. The van der Waals surface area contributed by atoms with Crippen LogP contribution in [0.15, 0.2) is 41.6 Å². The number of aromatic nitrogens is 4. The zero-order valence-corrected chi connectivity index (χ0v) is 56.5. The molecule has 4 aliphatic heterocycles. The minimum Gasteiger partial charge on any atom is -0.448 e. The SMILES string of the molecule is CC[C@]12CN(CCCN=C(NC(=O)OCCC#N)NC(=O)OCCC#N)O[C@@H](C1O)[C@H](n1cc(C)c(=O)[nH]c1=O)O2.N=N.O.[C-]#[N+]CCOC(=O)NC(=NCCCN1C[C@]2(CC)O[C@@H](n3cc(C)c(=O)[nH]c3=O)[C@@H](O1)C2OP(OCC[N+]#[C-])C(C(C)C)C(C)C)NC(=O)OCCC#N.[HH]. The topological polar surface area (TPSA) is 529 Å². The Morgan fingerprint density at radius 1 is 0.694 bits per heavy atom. The Labute approximate surface area is 566 Å². The number of aliphatic imine (C=N–C) groups is 2. The molecule has 9 atom stereocenters. The van der Waals surface area contributed by atoms with Crippen LogP contribution < -0.4 is 43.8 Å². The van der Waals surface area contributed by atoms with Gasteiger partial charge in [0.05, 0.1) is 50.6 Å². The molecule has 0 radical (unpaired) electrons. The van der Waals surface area contributed by atoms with E-state index < -0.39 is 103 Å². The number of ether oxygens (including phenoxy) is 6. The molecule has 0 spiro atoms. The highest BCUT2D eigenvalue weighted by Crippen LogP contribution is 2.57. The summed E-state index contributed by atoms with van der Waals surface area (Å²) < 4.78 is 48.1. The summed E-state index contributed by atoms with van der Waals surface area (Å²) in [4.78, 5) is 130. The second-order valence-electron chi connectivity index (χ2n) is 22.4. The zero-order chi connectivity index (χ0) is 71.8. The molecule has 11 N–H and O–H groups in total. The maximum Gasteiger partial charge on any atom is 0.414 e. The average molecular weight is 1400 g/mol. The standard InChI is InChI=1S/C34H50N9O10P.C24H32N8O9.H2N2.H2O.H2/c1-9-34-21-42(16-11-13-38-30(40-32(46)48-17-10-12-35)41-33(47)49-18-14-36-7)52-25(29(51-34)43-20-24(6)28(44)39-31(43)45)27(34)53-54(50-19-15-37-8)26(22(2)3)23(4)5;1-3-24-14-31(41-16(17(24)33)19(40-24)32-13-15(2)18(34)28-21(32)35)10-6-9-27-20(29-22(36)38-11-4-7-25)30-23(37)39-12-5-8-26;1-2;;/h20,22-23,25-27,29H,9-11,13-19,21H2,1-6H3,(H,39,44,45)(H2,38,40,41,46,47);13,16-17,19,33H,3-6,9-12,14H2,1-2H3,(H,28,34,35)(H2,27,29,30,36,37);1-2H;1H2;1H/t25-,27?,29+,34-,54?;16-,17?,19+,24-;;;/m00.../s1. The van der Waals surface area contributed by atoms with Crippen LogP contribution in [-0.4, -0.2) is 203 Å². The molecular formula is C58H88N19O20P. The van der Waals surface area contributed by atoms with Crippen LogP contribution in [0.3, 0.4) is 0 Å². The van der Waals surface area contributed by atoms with Crippen molar-refractivity contribution >= 4 is 44.7 Å². The summed E-state index contributed by atoms with van der Waals surface area (Å²) in [5, 5.41) is 49.3. The van der Waals surface area contributed by atoms with Crippen molar-refractivity contribution in [2.24, 2.45) is 21.8 Å². The maximum atomic E-state index is 13.2. The first-order valence-corrected chi connectivity index (χ1v) is 32.2. The van der Waals surface area contributed by atoms with Gasteiger partial charge in [0.2, 0.25) is 25.0 Å². The van der Waals surface area contributed by atoms with Crippen LogP contribution in [0.2, 0.25) is 0 Å². The van der Waals surface area contributed by atoms with Gasteiger partial charge in [-0.2, -0.15) is 25.9 Å². The minimum atomic E-state index is -1.56. The molecule has 2 aromatic heterocycles. The second kappa shape index (κ2) is 41.8. The van der Waals surface area contributed by atoms with Crippen molar-refractivity contribution in [2.75, 3.05) is 85.4 Å². The number of aliphatic hydroxyl groups is 1. The van der Waals surface area contributed by atoms with E-state index in [-0.39, 0.29) is 128 Å². The first-order valence-electron chi connectivity index (χ1n) is 30.9. The van der Waals surface area contributed by atoms with Crippen LogP contribution in [0.25, 0.3) is 9.69 Å². The van der Waals surface area contributed by atoms with E-state index in [9.17, 15) is 43.5 Å². The molecular weight excluding hydrogens is 1310 g/mol. The fourth-order valence-corrected chi connectivity index (χ4v) is 12.6. The lowest BCUT2D eigenvalue weighted by Gasteiger charge is -2.45. The summed E-state index contributed by atoms with van der Waals surface area (Å²) in [6.07, 6.45) is -4.89. The van der Waals surface area contributed by atoms with Crippen LogP contribution in [-0.2, 0) is 47.1 Å². The molecule has 39 nitrogen and oxygen atoms in total. The minimum absolute atomic E-state index is 0. The Bertz CT molecular complexity index is 3430. The van der Waals surface area contributed by atoms with Gasteiger partial charge in [-0.15, -0.1) is 0 Å². The molecule has 6 heterocycles. The van der Waals surface area contributed by atoms with Gasteiger partial charge in [0, 0.05) is 56.8 Å². The predicted molar refractivity (Wildman–Crippen MR) is 345 cm³/mol. The van der Waals surface area contributed by atoms with Crippen LogP contribution in [0.5, 0.6) is 0 Å². The van der Waals surface area contributed by atoms with Gasteiger partial charge >= 0.3 is 35.8 Å². The van der Waals surface area contributed by atoms with Crippen LogP contribution in [0.1, 0.15) is 111 Å². The van der Waals surface area contributed by atoms with Gasteiger partial charge in [-0.05, 0) is 51.4 Å². The van der Waals surface area contributed by atoms with Crippen molar-refractivity contribution in [1.82, 2.24) is 50.5 Å². The third-order valence-electron chi connectivity index (χ3n) is 15.0. The van der Waals surface area contributed by atoms with E-state index in [1.165, 1.54) is 21.5 Å². The van der Waals surface area contributed by atoms with Gasteiger partial charge < -0.3 is 57.7 Å². The summed E-state index contributed by atoms with van der Waals surface area (Å²) in [6.45, 7) is 30.3. The molecule has 4 aliphatic rings. The Hall–Kier alpha value is -9.14. The number of aryl methyl sites for hydroxylation is 2. The number of aromatic amines is 2. The number of guanidine groups is 2. The highest BCUT2D eigenvalue weighted by molar-refractivity contribution is 7.48. The van der Waals surface area contributed by atoms with Crippen LogP contribution in [0, 0.1) is 83.9 Å². The van der Waals surface area contributed by atoms with Crippen molar-refractivity contribution in [3.05, 3.63) is 88.0 Å². The second-order valence-corrected chi connectivity index (χ2v) is 24.1. The lowest BCUT2D eigenvalue weighted by molar-refractivity contribution is -0.264. The van der Waals surface area contributed by atoms with Crippen molar-refractivity contribution in [2.45, 2.75) is 154 Å². The van der Waals surface area contributed by atoms with Gasteiger partial charge in [0.1, 0.15) is 49.8 Å². The Morgan fingerprint density at radius 3 is 1.49 bits per heavy atom. The molecule has 0 saturated carbocycles. The number of nitrogens with zero attached hydrogens (tertiary/aromatic N) is 11. The van der Waals surface area contributed by atoms with Crippen molar-refractivity contribution in [3.8, 4) is 18.2 Å². The van der Waals surface area contributed by atoms with Gasteiger partial charge in [0.25, 0.3) is 11.1 Å². The third-order valence-corrected chi connectivity index (χ3v) is 17.5. The number of fused-ring (bicyclic) bond motifs is 4. The molecule has 0 aliphatic carbocycles. The average Bonchev–Trinajstić information content (AvgIpc) is 1.59. The summed E-state index contributed by atoms with van der Waals surface area (Å²) in [6, 6.07) is 5.51. The lowest BCUT2D eigenvalue weighted by Crippen LogP contribution is -2.58. The predicted octanol–water partition coefficient (Wildman–Crippen LogP) is 3.03. The zero-order valence-electron chi connectivity index (χ0n) is 55.7. The molecule has 540 valence electrons. The summed E-state index contributed by atoms with van der Waals surface area (Å²) >= 11 is 0. The van der Waals surface area contributed by atoms with Crippen molar-refractivity contribution in [3.63, 3.8) is 0 Å². The number of alkyl carbamates (subject to hydrolysis) is 4. The van der Waals surface area contributed by atoms with Crippen LogP contribution in [0.4, 0.5) is 19.2 Å². The van der Waals surface area contributed by atoms with E-state index in [4.69, 9.17) is 87.1 Å². The van der Waals surface area contributed by atoms with Crippen LogP contribution >= 0.6 is 8.38 Å². The first-order chi connectivity index (χ1) is 46.4. The highest BCUT2D eigenvalue weighted by Gasteiger charge is 2.63. The summed E-state index contributed by atoms with van der Waals surface area (Å²) in [5.41, 5.74) is 6.21. The molecule has 4 saturated heterocycles. The van der Waals surface area contributed by atoms with Crippen molar-refractivity contribution in [1.29, 1.82) is 26.8 Å². The molecule has 6 rings (SSSR count). The quantitative estimate of drug-likeness (QED) is 0.0112. The largest absolute Gasteiger partial charge is 0.448 e. The number of hydroxylamine groups is 4. The molecule has 2 aromatic rings. The number of carbonyl (C=O) groups excluding carboxylic acids is 4. The number of aliphatic hydroxyl groups excluding tert-OH is 1. The Morgan fingerprint density at radius 2 is 1.08 bits per heavy atom. The van der Waals surface area contributed by atoms with E-state index in [0.717, 1.165) is 0 Å². The normalized spacial score (nSPS) is 21.6. The number of hydrogen-bond donors (Lipinski definition) is 9. The molecule has 4 bridgehead atoms.